The molecular formula is C8H11NO6. The molecule has 1 heterocycles. The molecule has 0 aromatic carbocycles. The Balaban J connectivity index is 2.60. The van der Waals surface area contributed by atoms with Crippen LogP contribution in [0.1, 0.15) is 13.8 Å². The Kier molecular flexibility index (Phi) is 2.92. The number of cyclic esters (lactones) is 1. The van der Waals surface area contributed by atoms with E-state index in [-0.39, 0.29) is 6.61 Å². The maximum atomic E-state index is 11.1. The summed E-state index contributed by atoms with van der Waals surface area (Å²) in [6, 6.07) is 0. The Morgan fingerprint density at radius 2 is 2.33 bits per heavy atom. The van der Waals surface area contributed by atoms with Crippen molar-refractivity contribution in [2.75, 3.05) is 13.2 Å². The Morgan fingerprint density at radius 3 is 2.73 bits per heavy atom. The van der Waals surface area contributed by atoms with Crippen molar-refractivity contribution in [2.24, 2.45) is 5.41 Å². The number of hydrogen-bond donors (Lipinski definition) is 0. The van der Waals surface area contributed by atoms with Gasteiger partial charge in [-0.25, -0.2) is 9.59 Å². The molecule has 7 heteroatoms. The van der Waals surface area contributed by atoms with Crippen molar-refractivity contribution < 1.29 is 24.0 Å². The van der Waals surface area contributed by atoms with Gasteiger partial charge in [0.15, 0.2) is 0 Å². The molecule has 0 saturated carbocycles. The molecule has 1 fully saturated rings. The van der Waals surface area contributed by atoms with Crippen LogP contribution in [0, 0.1) is 15.5 Å². The van der Waals surface area contributed by atoms with Crippen molar-refractivity contribution in [1.29, 1.82) is 0 Å². The molecular weight excluding hydrogens is 206 g/mol. The molecule has 0 bridgehead atoms. The predicted octanol–water partition coefficient (Wildman–Crippen LogP) is -0.242. The molecule has 0 N–H and O–H groups in total. The summed E-state index contributed by atoms with van der Waals surface area (Å²) >= 11 is 0. The molecule has 1 aliphatic heterocycles. The monoisotopic (exact) mass is 217 g/mol. The molecule has 0 aliphatic carbocycles. The molecule has 0 aromatic heterocycles. The van der Waals surface area contributed by atoms with Crippen LogP contribution in [0.25, 0.3) is 0 Å². The lowest BCUT2D eigenvalue weighted by molar-refractivity contribution is -0.470. The highest BCUT2D eigenvalue weighted by atomic mass is 16.6. The van der Waals surface area contributed by atoms with Crippen LogP contribution in [-0.2, 0) is 19.1 Å². The SMILES string of the molecule is CC1(C)COC(=O)[C@@H]1OC(=O)C[N+](=O)[O-]. The number of esters is 2. The zero-order valence-corrected chi connectivity index (χ0v) is 8.39. The average Bonchev–Trinajstić information content (AvgIpc) is 2.30. The molecule has 15 heavy (non-hydrogen) atoms. The molecule has 0 radical (unpaired) electrons. The number of carbonyl (C=O) groups excluding carboxylic acids is 2. The summed E-state index contributed by atoms with van der Waals surface area (Å²) in [4.78, 5) is 31.3. The van der Waals surface area contributed by atoms with E-state index >= 15 is 0 Å². The van der Waals surface area contributed by atoms with Gasteiger partial charge in [-0.05, 0) is 0 Å². The third kappa shape index (κ3) is 2.64. The van der Waals surface area contributed by atoms with Crippen LogP contribution in [0.15, 0.2) is 0 Å². The van der Waals surface area contributed by atoms with E-state index in [4.69, 9.17) is 9.47 Å². The highest BCUT2D eigenvalue weighted by molar-refractivity contribution is 5.82. The van der Waals surface area contributed by atoms with Gasteiger partial charge in [-0.1, -0.05) is 13.8 Å². The minimum atomic E-state index is -1.05. The van der Waals surface area contributed by atoms with Crippen LogP contribution in [0.2, 0.25) is 0 Å². The van der Waals surface area contributed by atoms with E-state index in [9.17, 15) is 19.7 Å². The minimum absolute atomic E-state index is 0.141. The summed E-state index contributed by atoms with van der Waals surface area (Å²) in [5.74, 6) is -1.69. The van der Waals surface area contributed by atoms with Gasteiger partial charge in [0.25, 0.3) is 6.54 Å². The summed E-state index contributed by atoms with van der Waals surface area (Å²) in [5, 5.41) is 10.0. The Hall–Kier alpha value is -1.66. The van der Waals surface area contributed by atoms with E-state index in [1.54, 1.807) is 13.8 Å². The molecule has 0 unspecified atom stereocenters. The second-order valence-electron chi connectivity index (χ2n) is 3.96. The lowest BCUT2D eigenvalue weighted by Gasteiger charge is -2.20. The highest BCUT2D eigenvalue weighted by Crippen LogP contribution is 2.30. The van der Waals surface area contributed by atoms with Crippen LogP contribution in [0.4, 0.5) is 0 Å². The number of hydrogen-bond acceptors (Lipinski definition) is 6. The smallest absolute Gasteiger partial charge is 0.379 e. The molecule has 0 spiro atoms. The number of nitro groups is 1. The van der Waals surface area contributed by atoms with E-state index in [1.807, 2.05) is 0 Å². The number of carbonyl (C=O) groups is 2. The van der Waals surface area contributed by atoms with Gasteiger partial charge in [0.1, 0.15) is 6.61 Å². The first-order chi connectivity index (χ1) is 6.83. The summed E-state index contributed by atoms with van der Waals surface area (Å²) in [6.07, 6.45) is -1.05. The first kappa shape index (κ1) is 11.4. The third-order valence-electron chi connectivity index (χ3n) is 2.02. The van der Waals surface area contributed by atoms with E-state index in [1.165, 1.54) is 0 Å². The van der Waals surface area contributed by atoms with Gasteiger partial charge < -0.3 is 9.47 Å². The van der Waals surface area contributed by atoms with Crippen LogP contribution >= 0.6 is 0 Å². The lowest BCUT2D eigenvalue weighted by Crippen LogP contribution is -2.36. The molecule has 1 rings (SSSR count). The maximum Gasteiger partial charge on any atom is 0.379 e. The van der Waals surface area contributed by atoms with Crippen molar-refractivity contribution in [3.05, 3.63) is 10.1 Å². The normalized spacial score (nSPS) is 23.3. The van der Waals surface area contributed by atoms with Crippen LogP contribution < -0.4 is 0 Å². The number of ether oxygens (including phenoxy) is 2. The van der Waals surface area contributed by atoms with Crippen molar-refractivity contribution in [3.8, 4) is 0 Å². The second kappa shape index (κ2) is 3.84. The fourth-order valence-corrected chi connectivity index (χ4v) is 1.21. The Bertz CT molecular complexity index is 310. The minimum Gasteiger partial charge on any atom is -0.462 e. The topological polar surface area (TPSA) is 95.7 Å². The molecule has 1 atom stereocenters. The van der Waals surface area contributed by atoms with E-state index in [0.717, 1.165) is 0 Å². The molecule has 0 amide bonds. The maximum absolute atomic E-state index is 11.1. The van der Waals surface area contributed by atoms with Crippen molar-refractivity contribution in [3.63, 3.8) is 0 Å². The zero-order valence-electron chi connectivity index (χ0n) is 8.39. The van der Waals surface area contributed by atoms with Crippen LogP contribution in [0.5, 0.6) is 0 Å². The average molecular weight is 217 g/mol. The van der Waals surface area contributed by atoms with Gasteiger partial charge >= 0.3 is 11.9 Å². The van der Waals surface area contributed by atoms with Crippen molar-refractivity contribution in [1.82, 2.24) is 0 Å². The first-order valence-electron chi connectivity index (χ1n) is 4.31. The zero-order chi connectivity index (χ0) is 11.6. The predicted molar refractivity (Wildman–Crippen MR) is 46.5 cm³/mol. The van der Waals surface area contributed by atoms with Gasteiger partial charge in [-0.15, -0.1) is 0 Å². The molecule has 7 nitrogen and oxygen atoms in total. The molecule has 0 aromatic rings. The molecule has 1 aliphatic rings. The largest absolute Gasteiger partial charge is 0.462 e. The second-order valence-corrected chi connectivity index (χ2v) is 3.96. The summed E-state index contributed by atoms with van der Waals surface area (Å²) < 4.78 is 9.40. The van der Waals surface area contributed by atoms with Gasteiger partial charge in [-0.2, -0.15) is 0 Å². The fourth-order valence-electron chi connectivity index (χ4n) is 1.21. The molecule has 84 valence electrons. The van der Waals surface area contributed by atoms with Crippen molar-refractivity contribution in [2.45, 2.75) is 20.0 Å². The van der Waals surface area contributed by atoms with Gasteiger partial charge in [0, 0.05) is 10.3 Å². The fraction of sp³-hybridized carbons (Fsp3) is 0.750. The standard InChI is InChI=1S/C8H11NO6/c1-8(2)4-14-7(11)6(8)15-5(10)3-9(12)13/h6H,3-4H2,1-2H3/t6-/m0/s1. The summed E-state index contributed by atoms with van der Waals surface area (Å²) in [7, 11) is 0. The Labute approximate surface area is 85.5 Å². The van der Waals surface area contributed by atoms with E-state index < -0.39 is 34.9 Å². The quantitative estimate of drug-likeness (QED) is 0.367. The lowest BCUT2D eigenvalue weighted by atomic mass is 9.90. The third-order valence-corrected chi connectivity index (χ3v) is 2.02. The van der Waals surface area contributed by atoms with Crippen molar-refractivity contribution >= 4 is 11.9 Å². The van der Waals surface area contributed by atoms with Crippen LogP contribution in [-0.4, -0.2) is 36.1 Å². The van der Waals surface area contributed by atoms with Crippen LogP contribution in [0.3, 0.4) is 0 Å². The number of nitrogens with zero attached hydrogens (tertiary/aromatic N) is 1. The van der Waals surface area contributed by atoms with Gasteiger partial charge in [0.2, 0.25) is 6.10 Å². The number of rotatable bonds is 3. The molecule has 1 saturated heterocycles. The Morgan fingerprint density at radius 1 is 1.73 bits per heavy atom. The van der Waals surface area contributed by atoms with E-state index in [0.29, 0.717) is 0 Å². The summed E-state index contributed by atoms with van der Waals surface area (Å²) in [5.41, 5.74) is -0.636. The van der Waals surface area contributed by atoms with Gasteiger partial charge in [-0.3, -0.25) is 10.1 Å². The van der Waals surface area contributed by atoms with Gasteiger partial charge in [0.05, 0.1) is 0 Å². The summed E-state index contributed by atoms with van der Waals surface area (Å²) in [6.45, 7) is 2.56. The van der Waals surface area contributed by atoms with E-state index in [2.05, 4.69) is 0 Å². The first-order valence-corrected chi connectivity index (χ1v) is 4.31. The highest BCUT2D eigenvalue weighted by Gasteiger charge is 2.46.